The summed E-state index contributed by atoms with van der Waals surface area (Å²) in [5, 5.41) is 7.18. The molecule has 0 aliphatic heterocycles. The summed E-state index contributed by atoms with van der Waals surface area (Å²) in [6.45, 7) is 5.75. The number of amides is 1. The molecule has 0 atom stereocenters. The van der Waals surface area contributed by atoms with Gasteiger partial charge in [-0.1, -0.05) is 26.0 Å². The zero-order valence-electron chi connectivity index (χ0n) is 14.7. The van der Waals surface area contributed by atoms with E-state index < -0.39 is 0 Å². The molecule has 5 nitrogen and oxygen atoms in total. The van der Waals surface area contributed by atoms with Crippen LogP contribution < -0.4 is 10.9 Å². The van der Waals surface area contributed by atoms with Crippen LogP contribution in [0.15, 0.2) is 41.2 Å². The molecule has 0 bridgehead atoms. The molecular formula is C19H22FN3O2. The minimum Gasteiger partial charge on any atom is -0.348 e. The van der Waals surface area contributed by atoms with Gasteiger partial charge >= 0.3 is 0 Å². The van der Waals surface area contributed by atoms with Crippen LogP contribution in [0.4, 0.5) is 4.39 Å². The number of carbonyl (C=O) groups excluding carboxylic acids is 1. The van der Waals surface area contributed by atoms with E-state index in [2.05, 4.69) is 10.4 Å². The first-order valence-electron chi connectivity index (χ1n) is 8.35. The predicted molar refractivity (Wildman–Crippen MR) is 92.8 cm³/mol. The van der Waals surface area contributed by atoms with E-state index in [1.165, 1.54) is 22.9 Å². The predicted octanol–water partition coefficient (Wildman–Crippen LogP) is 2.32. The standard InChI is InChI=1S/C19H22FN3O2/c1-13-4-9-17(25)23(22-13)12-16(24)21-19(10-11-19)18(2,3)14-5-7-15(20)8-6-14/h4-9H,10-12H2,1-3H3,(H,21,24). The zero-order valence-corrected chi connectivity index (χ0v) is 14.7. The van der Waals surface area contributed by atoms with Gasteiger partial charge in [0, 0.05) is 17.0 Å². The Labute approximate surface area is 145 Å². The summed E-state index contributed by atoms with van der Waals surface area (Å²) >= 11 is 0. The van der Waals surface area contributed by atoms with E-state index in [1.807, 2.05) is 13.8 Å². The van der Waals surface area contributed by atoms with Gasteiger partial charge in [-0.3, -0.25) is 9.59 Å². The molecule has 1 aliphatic carbocycles. The van der Waals surface area contributed by atoms with E-state index in [0.29, 0.717) is 5.69 Å². The van der Waals surface area contributed by atoms with E-state index in [9.17, 15) is 14.0 Å². The van der Waals surface area contributed by atoms with Gasteiger partial charge in [0.05, 0.1) is 5.69 Å². The van der Waals surface area contributed by atoms with Crippen LogP contribution in [-0.4, -0.2) is 21.2 Å². The van der Waals surface area contributed by atoms with Crippen LogP contribution in [0.5, 0.6) is 0 Å². The van der Waals surface area contributed by atoms with Gasteiger partial charge in [-0.15, -0.1) is 0 Å². The van der Waals surface area contributed by atoms with Crippen molar-refractivity contribution in [1.82, 2.24) is 15.1 Å². The van der Waals surface area contributed by atoms with Crippen molar-refractivity contribution in [1.29, 1.82) is 0 Å². The van der Waals surface area contributed by atoms with E-state index in [-0.39, 0.29) is 34.8 Å². The molecule has 132 valence electrons. The zero-order chi connectivity index (χ0) is 18.2. The molecule has 0 saturated heterocycles. The Hall–Kier alpha value is -2.50. The van der Waals surface area contributed by atoms with Crippen molar-refractivity contribution in [2.24, 2.45) is 0 Å². The largest absolute Gasteiger partial charge is 0.348 e. The van der Waals surface area contributed by atoms with Crippen molar-refractivity contribution < 1.29 is 9.18 Å². The number of nitrogens with one attached hydrogen (secondary N) is 1. The number of halogens is 1. The summed E-state index contributed by atoms with van der Waals surface area (Å²) in [5.41, 5.74) is 0.623. The average Bonchev–Trinajstić information content (AvgIpc) is 3.32. The summed E-state index contributed by atoms with van der Waals surface area (Å²) in [7, 11) is 0. The van der Waals surface area contributed by atoms with Gasteiger partial charge < -0.3 is 5.32 Å². The average molecular weight is 343 g/mol. The number of rotatable bonds is 5. The van der Waals surface area contributed by atoms with Crippen molar-refractivity contribution in [3.05, 3.63) is 63.8 Å². The first-order chi connectivity index (χ1) is 11.7. The maximum absolute atomic E-state index is 13.2. The maximum atomic E-state index is 13.2. The molecule has 1 fully saturated rings. The monoisotopic (exact) mass is 343 g/mol. The molecule has 0 unspecified atom stereocenters. The Kier molecular flexibility index (Phi) is 4.22. The second-order valence-corrected chi connectivity index (χ2v) is 7.23. The van der Waals surface area contributed by atoms with Gasteiger partial charge in [-0.25, -0.2) is 9.07 Å². The second-order valence-electron chi connectivity index (χ2n) is 7.23. The fourth-order valence-corrected chi connectivity index (χ4v) is 3.28. The number of carbonyl (C=O) groups is 1. The molecule has 1 saturated carbocycles. The van der Waals surface area contributed by atoms with Crippen molar-refractivity contribution in [3.8, 4) is 0 Å². The van der Waals surface area contributed by atoms with Gasteiger partial charge in [-0.2, -0.15) is 5.10 Å². The fraction of sp³-hybridized carbons (Fsp3) is 0.421. The number of nitrogens with zero attached hydrogens (tertiary/aromatic N) is 2. The summed E-state index contributed by atoms with van der Waals surface area (Å²) in [6.07, 6.45) is 1.69. The third-order valence-corrected chi connectivity index (χ3v) is 5.18. The third kappa shape index (κ3) is 3.34. The molecule has 1 aliphatic rings. The molecule has 2 aromatic rings. The van der Waals surface area contributed by atoms with Crippen LogP contribution in [0.3, 0.4) is 0 Å². The number of benzene rings is 1. The molecule has 3 rings (SSSR count). The van der Waals surface area contributed by atoms with Gasteiger partial charge in [-0.05, 0) is 43.5 Å². The van der Waals surface area contributed by atoms with E-state index in [4.69, 9.17) is 0 Å². The number of hydrogen-bond donors (Lipinski definition) is 1. The van der Waals surface area contributed by atoms with Crippen LogP contribution in [-0.2, 0) is 16.8 Å². The summed E-state index contributed by atoms with van der Waals surface area (Å²) in [5.74, 6) is -0.522. The molecule has 1 heterocycles. The Morgan fingerprint density at radius 3 is 2.48 bits per heavy atom. The van der Waals surface area contributed by atoms with Crippen molar-refractivity contribution in [2.75, 3.05) is 0 Å². The van der Waals surface area contributed by atoms with Crippen molar-refractivity contribution >= 4 is 5.91 Å². The first-order valence-corrected chi connectivity index (χ1v) is 8.35. The Balaban J connectivity index is 1.77. The Bertz CT molecular complexity index is 852. The molecule has 0 radical (unpaired) electrons. The molecule has 1 aromatic carbocycles. The number of aryl methyl sites for hydroxylation is 1. The van der Waals surface area contributed by atoms with Crippen LogP contribution >= 0.6 is 0 Å². The highest BCUT2D eigenvalue weighted by atomic mass is 19.1. The molecule has 1 amide bonds. The summed E-state index contributed by atoms with van der Waals surface area (Å²) < 4.78 is 14.4. The molecule has 0 spiro atoms. The smallest absolute Gasteiger partial charge is 0.267 e. The molecule has 1 N–H and O–H groups in total. The highest BCUT2D eigenvalue weighted by molar-refractivity contribution is 5.77. The van der Waals surface area contributed by atoms with Gasteiger partial charge in [0.25, 0.3) is 5.56 Å². The highest BCUT2D eigenvalue weighted by Crippen LogP contribution is 2.51. The molecule has 1 aromatic heterocycles. The molecular weight excluding hydrogens is 321 g/mol. The Morgan fingerprint density at radius 1 is 1.24 bits per heavy atom. The summed E-state index contributed by atoms with van der Waals surface area (Å²) in [4.78, 5) is 24.3. The van der Waals surface area contributed by atoms with Gasteiger partial charge in [0.2, 0.25) is 5.91 Å². The van der Waals surface area contributed by atoms with E-state index in [0.717, 1.165) is 18.4 Å². The van der Waals surface area contributed by atoms with E-state index >= 15 is 0 Å². The lowest BCUT2D eigenvalue weighted by molar-refractivity contribution is -0.123. The van der Waals surface area contributed by atoms with Gasteiger partial charge in [0.1, 0.15) is 12.4 Å². The van der Waals surface area contributed by atoms with Crippen molar-refractivity contribution in [3.63, 3.8) is 0 Å². The van der Waals surface area contributed by atoms with Crippen LogP contribution in [0, 0.1) is 12.7 Å². The Morgan fingerprint density at radius 2 is 1.88 bits per heavy atom. The maximum Gasteiger partial charge on any atom is 0.267 e. The minimum atomic E-state index is -0.380. The minimum absolute atomic E-state index is 0.109. The number of aromatic nitrogens is 2. The third-order valence-electron chi connectivity index (χ3n) is 5.18. The topological polar surface area (TPSA) is 64.0 Å². The summed E-state index contributed by atoms with van der Waals surface area (Å²) in [6, 6.07) is 9.42. The van der Waals surface area contributed by atoms with Gasteiger partial charge in [0.15, 0.2) is 0 Å². The molecule has 6 heteroatoms. The quantitative estimate of drug-likeness (QED) is 0.906. The van der Waals surface area contributed by atoms with Crippen molar-refractivity contribution in [2.45, 2.75) is 51.1 Å². The normalized spacial score (nSPS) is 15.7. The first kappa shape index (κ1) is 17.3. The molecule has 25 heavy (non-hydrogen) atoms. The van der Waals surface area contributed by atoms with Crippen LogP contribution in [0.1, 0.15) is 37.9 Å². The fourth-order valence-electron chi connectivity index (χ4n) is 3.28. The lowest BCUT2D eigenvalue weighted by Crippen LogP contribution is -2.51. The lowest BCUT2D eigenvalue weighted by atomic mass is 9.75. The highest BCUT2D eigenvalue weighted by Gasteiger charge is 2.55. The number of hydrogen-bond acceptors (Lipinski definition) is 3. The SMILES string of the molecule is Cc1ccc(=O)n(CC(=O)NC2(C(C)(C)c3ccc(F)cc3)CC2)n1. The lowest BCUT2D eigenvalue weighted by Gasteiger charge is -2.36. The van der Waals surface area contributed by atoms with E-state index in [1.54, 1.807) is 25.1 Å². The second kappa shape index (κ2) is 6.10. The van der Waals surface area contributed by atoms with Crippen LogP contribution in [0.2, 0.25) is 0 Å². The van der Waals surface area contributed by atoms with Crippen LogP contribution in [0.25, 0.3) is 0 Å².